The van der Waals surface area contributed by atoms with Crippen molar-refractivity contribution >= 4 is 5.91 Å². The van der Waals surface area contributed by atoms with Crippen molar-refractivity contribution in [2.75, 3.05) is 0 Å². The summed E-state index contributed by atoms with van der Waals surface area (Å²) < 4.78 is 0. The van der Waals surface area contributed by atoms with E-state index in [1.807, 2.05) is 6.92 Å². The molecule has 1 rings (SSSR count). The van der Waals surface area contributed by atoms with E-state index in [2.05, 4.69) is 17.2 Å². The average Bonchev–Trinajstić information content (AvgIpc) is 2.37. The maximum Gasteiger partial charge on any atom is 0.220 e. The van der Waals surface area contributed by atoms with Crippen molar-refractivity contribution in [3.63, 3.8) is 0 Å². The van der Waals surface area contributed by atoms with Gasteiger partial charge in [-0.2, -0.15) is 0 Å². The van der Waals surface area contributed by atoms with E-state index >= 15 is 0 Å². The highest BCUT2D eigenvalue weighted by atomic mass is 16.1. The van der Waals surface area contributed by atoms with Crippen molar-refractivity contribution in [3.05, 3.63) is 0 Å². The van der Waals surface area contributed by atoms with E-state index in [0.717, 1.165) is 19.3 Å². The van der Waals surface area contributed by atoms with Gasteiger partial charge in [0.15, 0.2) is 0 Å². The van der Waals surface area contributed by atoms with Crippen molar-refractivity contribution in [2.45, 2.75) is 38.6 Å². The fraction of sp³-hybridized carbons (Fsp3) is 0.667. The number of nitrogens with one attached hydrogen (secondary N) is 1. The number of hydrogen-bond acceptors (Lipinski definition) is 1. The highest BCUT2D eigenvalue weighted by Crippen LogP contribution is 2.10. The van der Waals surface area contributed by atoms with Gasteiger partial charge in [-0.25, -0.2) is 0 Å². The summed E-state index contributed by atoms with van der Waals surface area (Å²) in [5.74, 6) is 6.02. The van der Waals surface area contributed by atoms with Gasteiger partial charge < -0.3 is 5.32 Å². The second-order valence-electron chi connectivity index (χ2n) is 2.77. The van der Waals surface area contributed by atoms with Crippen LogP contribution in [-0.2, 0) is 4.79 Å². The van der Waals surface area contributed by atoms with Gasteiger partial charge in [0.2, 0.25) is 5.91 Å². The molecule has 1 saturated heterocycles. The number of hydrogen-bond donors (Lipinski definition) is 1. The monoisotopic (exact) mass is 151 g/mol. The lowest BCUT2D eigenvalue weighted by atomic mass is 10.1. The smallest absolute Gasteiger partial charge is 0.220 e. The van der Waals surface area contributed by atoms with Crippen LogP contribution in [-0.4, -0.2) is 11.9 Å². The van der Waals surface area contributed by atoms with Crippen molar-refractivity contribution in [1.82, 2.24) is 5.32 Å². The minimum atomic E-state index is 0.194. The summed E-state index contributed by atoms with van der Waals surface area (Å²) >= 11 is 0. The number of carbonyl (C=O) groups is 1. The maximum absolute atomic E-state index is 10.7. The van der Waals surface area contributed by atoms with Gasteiger partial charge in [0.1, 0.15) is 0 Å². The molecule has 0 aliphatic carbocycles. The van der Waals surface area contributed by atoms with E-state index in [0.29, 0.717) is 12.5 Å². The zero-order valence-electron chi connectivity index (χ0n) is 6.81. The molecule has 2 nitrogen and oxygen atoms in total. The van der Waals surface area contributed by atoms with Crippen LogP contribution in [0.4, 0.5) is 0 Å². The van der Waals surface area contributed by atoms with Gasteiger partial charge in [-0.05, 0) is 19.8 Å². The first-order valence-corrected chi connectivity index (χ1v) is 4.02. The quantitative estimate of drug-likeness (QED) is 0.588. The third kappa shape index (κ3) is 2.63. The lowest BCUT2D eigenvalue weighted by Gasteiger charge is -2.05. The highest BCUT2D eigenvalue weighted by Gasteiger charge is 2.19. The van der Waals surface area contributed by atoms with E-state index in [9.17, 15) is 4.79 Å². The van der Waals surface area contributed by atoms with Crippen LogP contribution in [0.5, 0.6) is 0 Å². The van der Waals surface area contributed by atoms with E-state index in [-0.39, 0.29) is 5.91 Å². The Morgan fingerprint density at radius 1 is 1.73 bits per heavy atom. The molecule has 0 aromatic carbocycles. The predicted octanol–water partition coefficient (Wildman–Crippen LogP) is 1.07. The van der Waals surface area contributed by atoms with E-state index < -0.39 is 0 Å². The molecule has 0 bridgehead atoms. The molecule has 1 aliphatic heterocycles. The maximum atomic E-state index is 10.7. The topological polar surface area (TPSA) is 29.1 Å². The largest absolute Gasteiger partial charge is 0.353 e. The Labute approximate surface area is 67.4 Å². The first kappa shape index (κ1) is 8.13. The number of rotatable bonds is 2. The van der Waals surface area contributed by atoms with E-state index in [1.165, 1.54) is 0 Å². The van der Waals surface area contributed by atoms with Crippen molar-refractivity contribution < 1.29 is 4.79 Å². The lowest BCUT2D eigenvalue weighted by Crippen LogP contribution is -2.24. The van der Waals surface area contributed by atoms with Gasteiger partial charge in [-0.1, -0.05) is 0 Å². The number of amides is 1. The molecule has 0 aromatic rings. The van der Waals surface area contributed by atoms with Gasteiger partial charge in [-0.3, -0.25) is 4.79 Å². The van der Waals surface area contributed by atoms with Crippen molar-refractivity contribution in [2.24, 2.45) is 0 Å². The molecule has 1 heterocycles. The second kappa shape index (κ2) is 4.02. The summed E-state index contributed by atoms with van der Waals surface area (Å²) in [6.45, 7) is 1.84. The van der Waals surface area contributed by atoms with Gasteiger partial charge >= 0.3 is 0 Å². The minimum Gasteiger partial charge on any atom is -0.353 e. The lowest BCUT2D eigenvalue weighted by molar-refractivity contribution is -0.119. The van der Waals surface area contributed by atoms with Gasteiger partial charge in [0, 0.05) is 18.9 Å². The van der Waals surface area contributed by atoms with E-state index in [1.54, 1.807) is 0 Å². The minimum absolute atomic E-state index is 0.194. The summed E-state index contributed by atoms with van der Waals surface area (Å²) in [7, 11) is 0. The van der Waals surface area contributed by atoms with Crippen molar-refractivity contribution in [1.29, 1.82) is 0 Å². The molecule has 60 valence electrons. The van der Waals surface area contributed by atoms with Crippen LogP contribution < -0.4 is 5.32 Å². The molecule has 1 fully saturated rings. The molecule has 0 saturated carbocycles. The van der Waals surface area contributed by atoms with Crippen LogP contribution in [0.1, 0.15) is 32.6 Å². The van der Waals surface area contributed by atoms with Crippen LogP contribution in [0, 0.1) is 11.8 Å². The molecular weight excluding hydrogens is 138 g/mol. The van der Waals surface area contributed by atoms with Crippen LogP contribution in [0.25, 0.3) is 0 Å². The Bertz CT molecular complexity index is 199. The van der Waals surface area contributed by atoms with Crippen LogP contribution in [0.3, 0.4) is 0 Å². The summed E-state index contributed by atoms with van der Waals surface area (Å²) in [6.07, 6.45) is 3.60. The SMILES string of the molecule is CC#CCCC1CCC(=O)N1. The molecule has 1 aliphatic rings. The normalized spacial score (nSPS) is 22.3. The molecule has 0 spiro atoms. The summed E-state index contributed by atoms with van der Waals surface area (Å²) in [4.78, 5) is 10.7. The Morgan fingerprint density at radius 3 is 3.09 bits per heavy atom. The fourth-order valence-electron chi connectivity index (χ4n) is 1.27. The summed E-state index contributed by atoms with van der Waals surface area (Å²) in [5.41, 5.74) is 0. The van der Waals surface area contributed by atoms with E-state index in [4.69, 9.17) is 0 Å². The summed E-state index contributed by atoms with van der Waals surface area (Å²) in [5, 5.41) is 2.91. The van der Waals surface area contributed by atoms with Crippen LogP contribution >= 0.6 is 0 Å². The third-order valence-electron chi connectivity index (χ3n) is 1.88. The second-order valence-corrected chi connectivity index (χ2v) is 2.77. The third-order valence-corrected chi connectivity index (χ3v) is 1.88. The van der Waals surface area contributed by atoms with Gasteiger partial charge in [0.05, 0.1) is 0 Å². The first-order chi connectivity index (χ1) is 5.33. The molecule has 11 heavy (non-hydrogen) atoms. The zero-order valence-corrected chi connectivity index (χ0v) is 6.81. The van der Waals surface area contributed by atoms with Gasteiger partial charge in [0.25, 0.3) is 0 Å². The van der Waals surface area contributed by atoms with Crippen molar-refractivity contribution in [3.8, 4) is 11.8 Å². The Kier molecular flexibility index (Phi) is 2.97. The highest BCUT2D eigenvalue weighted by molar-refractivity contribution is 5.78. The Balaban J connectivity index is 2.16. The standard InChI is InChI=1S/C9H13NO/c1-2-3-4-5-8-6-7-9(11)10-8/h8H,4-7H2,1H3,(H,10,11). The van der Waals surface area contributed by atoms with Crippen LogP contribution in [0.15, 0.2) is 0 Å². The molecule has 1 atom stereocenters. The molecule has 0 aromatic heterocycles. The molecule has 0 radical (unpaired) electrons. The Morgan fingerprint density at radius 2 is 2.55 bits per heavy atom. The molecule has 1 unspecified atom stereocenters. The summed E-state index contributed by atoms with van der Waals surface area (Å²) in [6, 6.07) is 0.392. The first-order valence-electron chi connectivity index (χ1n) is 4.02. The predicted molar refractivity (Wildman–Crippen MR) is 43.8 cm³/mol. The zero-order chi connectivity index (χ0) is 8.10. The molecular formula is C9H13NO. The van der Waals surface area contributed by atoms with Crippen LogP contribution in [0.2, 0.25) is 0 Å². The molecule has 2 heteroatoms. The fourth-order valence-corrected chi connectivity index (χ4v) is 1.27. The molecule has 1 amide bonds. The molecule has 1 N–H and O–H groups in total. The average molecular weight is 151 g/mol. The number of carbonyl (C=O) groups excluding carboxylic acids is 1. The van der Waals surface area contributed by atoms with Gasteiger partial charge in [-0.15, -0.1) is 11.8 Å². The Hall–Kier alpha value is -0.970.